The van der Waals surface area contributed by atoms with Crippen LogP contribution in [0.2, 0.25) is 0 Å². The fourth-order valence-corrected chi connectivity index (χ4v) is 1.57. The van der Waals surface area contributed by atoms with Crippen LogP contribution < -0.4 is 0 Å². The van der Waals surface area contributed by atoms with E-state index in [1.165, 1.54) is 0 Å². The van der Waals surface area contributed by atoms with E-state index < -0.39 is 4.87 Å². The van der Waals surface area contributed by atoms with Crippen molar-refractivity contribution in [3.63, 3.8) is 0 Å². The topological polar surface area (TPSA) is 20.2 Å². The van der Waals surface area contributed by atoms with Crippen LogP contribution in [0.25, 0.3) is 0 Å². The quantitative estimate of drug-likeness (QED) is 0.615. The van der Waals surface area contributed by atoms with E-state index in [1.807, 2.05) is 37.3 Å². The number of benzene rings is 1. The summed E-state index contributed by atoms with van der Waals surface area (Å²) in [6.45, 7) is 1.89. The van der Waals surface area contributed by atoms with Crippen molar-refractivity contribution in [3.8, 4) is 0 Å². The van der Waals surface area contributed by atoms with Crippen LogP contribution in [-0.4, -0.2) is 10.2 Å². The molecular weight excluding hydrogens is 204 g/mol. The Labute approximate surface area is 88.3 Å². The maximum absolute atomic E-state index is 9.32. The molecule has 0 fully saturated rings. The highest BCUT2D eigenvalue weighted by Crippen LogP contribution is 2.33. The van der Waals surface area contributed by atoms with Crippen molar-refractivity contribution in [2.24, 2.45) is 0 Å². The zero-order valence-electron chi connectivity index (χ0n) is 7.33. The molecule has 0 bridgehead atoms. The van der Waals surface area contributed by atoms with Crippen LogP contribution >= 0.6 is 23.8 Å². The van der Waals surface area contributed by atoms with Gasteiger partial charge in [0.15, 0.2) is 5.05 Å². The van der Waals surface area contributed by atoms with E-state index in [4.69, 9.17) is 23.8 Å². The van der Waals surface area contributed by atoms with Gasteiger partial charge in [-0.3, -0.25) is 0 Å². The van der Waals surface area contributed by atoms with E-state index in [9.17, 15) is 5.11 Å². The molecule has 70 valence electrons. The highest BCUT2D eigenvalue weighted by molar-refractivity contribution is 7.80. The first-order valence-electron chi connectivity index (χ1n) is 4.09. The van der Waals surface area contributed by atoms with Crippen LogP contribution in [0.1, 0.15) is 18.9 Å². The largest absolute Gasteiger partial charge is 0.500 e. The van der Waals surface area contributed by atoms with E-state index in [2.05, 4.69) is 0 Å². The van der Waals surface area contributed by atoms with Gasteiger partial charge in [0.05, 0.1) is 0 Å². The molecule has 1 unspecified atom stereocenters. The zero-order chi connectivity index (χ0) is 9.90. The van der Waals surface area contributed by atoms with E-state index in [-0.39, 0.29) is 5.05 Å². The van der Waals surface area contributed by atoms with Crippen LogP contribution in [0.5, 0.6) is 0 Å². The SMILES string of the molecule is CCC(Cl)(C(O)=S)c1ccccc1. The third-order valence-corrected chi connectivity index (χ3v) is 3.18. The summed E-state index contributed by atoms with van der Waals surface area (Å²) in [6, 6.07) is 9.37. The minimum atomic E-state index is -0.906. The smallest absolute Gasteiger partial charge is 0.182 e. The summed E-state index contributed by atoms with van der Waals surface area (Å²) in [5, 5.41) is 9.16. The second kappa shape index (κ2) is 4.07. The highest BCUT2D eigenvalue weighted by atomic mass is 35.5. The second-order valence-electron chi connectivity index (χ2n) is 2.83. The van der Waals surface area contributed by atoms with Crippen molar-refractivity contribution in [1.82, 2.24) is 0 Å². The van der Waals surface area contributed by atoms with Gasteiger partial charge in [0.25, 0.3) is 0 Å². The average molecular weight is 215 g/mol. The van der Waals surface area contributed by atoms with Gasteiger partial charge >= 0.3 is 0 Å². The summed E-state index contributed by atoms with van der Waals surface area (Å²) in [5.41, 5.74) is 0.840. The standard InChI is InChI=1S/C10H11ClOS/c1-2-10(11,9(12)13)8-6-4-3-5-7-8/h3-7H,2H2,1H3,(H,12,13). The lowest BCUT2D eigenvalue weighted by molar-refractivity contribution is 0.510. The summed E-state index contributed by atoms with van der Waals surface area (Å²) in [7, 11) is 0. The summed E-state index contributed by atoms with van der Waals surface area (Å²) < 4.78 is 0. The number of hydrogen-bond acceptors (Lipinski definition) is 1. The lowest BCUT2D eigenvalue weighted by Gasteiger charge is -2.23. The Balaban J connectivity index is 3.11. The molecule has 1 nitrogen and oxygen atoms in total. The van der Waals surface area contributed by atoms with Crippen molar-refractivity contribution in [1.29, 1.82) is 0 Å². The van der Waals surface area contributed by atoms with Crippen molar-refractivity contribution >= 4 is 28.9 Å². The third kappa shape index (κ3) is 2.01. The van der Waals surface area contributed by atoms with Crippen LogP contribution in [-0.2, 0) is 4.87 Å². The molecule has 0 aliphatic carbocycles. The molecule has 0 saturated heterocycles. The van der Waals surface area contributed by atoms with Gasteiger partial charge in [-0.15, -0.1) is 11.6 Å². The molecule has 1 aromatic carbocycles. The third-order valence-electron chi connectivity index (χ3n) is 2.06. The Morgan fingerprint density at radius 1 is 1.46 bits per heavy atom. The van der Waals surface area contributed by atoms with E-state index in [1.54, 1.807) is 0 Å². The number of rotatable bonds is 3. The molecule has 1 aromatic rings. The monoisotopic (exact) mass is 214 g/mol. The predicted octanol–water partition coefficient (Wildman–Crippen LogP) is 3.42. The highest BCUT2D eigenvalue weighted by Gasteiger charge is 2.32. The Kier molecular flexibility index (Phi) is 3.28. The lowest BCUT2D eigenvalue weighted by atomic mass is 9.96. The van der Waals surface area contributed by atoms with Crippen molar-refractivity contribution in [2.75, 3.05) is 0 Å². The molecule has 1 N–H and O–H groups in total. The van der Waals surface area contributed by atoms with E-state index in [0.29, 0.717) is 6.42 Å². The van der Waals surface area contributed by atoms with Crippen LogP contribution in [0.3, 0.4) is 0 Å². The zero-order valence-corrected chi connectivity index (χ0v) is 8.90. The van der Waals surface area contributed by atoms with Gasteiger partial charge in [0.1, 0.15) is 4.87 Å². The summed E-state index contributed by atoms with van der Waals surface area (Å²) in [6.07, 6.45) is 0.577. The molecule has 1 rings (SSSR count). The first-order valence-corrected chi connectivity index (χ1v) is 4.87. The Morgan fingerprint density at radius 3 is 2.38 bits per heavy atom. The molecule has 0 aliphatic heterocycles. The normalized spacial score (nSPS) is 14.9. The van der Waals surface area contributed by atoms with Crippen LogP contribution in [0.15, 0.2) is 30.3 Å². The number of aliphatic hydroxyl groups excluding tert-OH is 1. The van der Waals surface area contributed by atoms with Crippen LogP contribution in [0.4, 0.5) is 0 Å². The van der Waals surface area contributed by atoms with E-state index >= 15 is 0 Å². The van der Waals surface area contributed by atoms with Crippen LogP contribution in [0, 0.1) is 0 Å². The molecule has 0 aliphatic rings. The minimum absolute atomic E-state index is 0.164. The fraction of sp³-hybridized carbons (Fsp3) is 0.300. The Morgan fingerprint density at radius 2 is 2.00 bits per heavy atom. The molecule has 0 amide bonds. The molecule has 1 atom stereocenters. The van der Waals surface area contributed by atoms with Gasteiger partial charge in [-0.1, -0.05) is 37.3 Å². The first-order chi connectivity index (χ1) is 6.11. The molecule has 0 heterocycles. The lowest BCUT2D eigenvalue weighted by Crippen LogP contribution is -2.27. The van der Waals surface area contributed by atoms with E-state index in [0.717, 1.165) is 5.56 Å². The number of alkyl halides is 1. The number of halogens is 1. The summed E-state index contributed by atoms with van der Waals surface area (Å²) >= 11 is 10.9. The first kappa shape index (κ1) is 10.5. The predicted molar refractivity (Wildman–Crippen MR) is 59.5 cm³/mol. The van der Waals surface area contributed by atoms with Gasteiger partial charge in [0, 0.05) is 0 Å². The number of hydrogen-bond donors (Lipinski definition) is 1. The molecule has 13 heavy (non-hydrogen) atoms. The van der Waals surface area contributed by atoms with Gasteiger partial charge in [0.2, 0.25) is 0 Å². The maximum Gasteiger partial charge on any atom is 0.182 e. The Bertz CT molecular complexity index is 299. The molecule has 0 aromatic heterocycles. The number of aliphatic hydroxyl groups is 1. The van der Waals surface area contributed by atoms with Gasteiger partial charge < -0.3 is 5.11 Å². The van der Waals surface area contributed by atoms with Gasteiger partial charge in [-0.05, 0) is 24.2 Å². The van der Waals surface area contributed by atoms with Crippen molar-refractivity contribution in [3.05, 3.63) is 35.9 Å². The minimum Gasteiger partial charge on any atom is -0.500 e. The van der Waals surface area contributed by atoms with Crippen molar-refractivity contribution in [2.45, 2.75) is 18.2 Å². The summed E-state index contributed by atoms with van der Waals surface area (Å²) in [4.78, 5) is -0.906. The second-order valence-corrected chi connectivity index (χ2v) is 3.86. The molecule has 0 radical (unpaired) electrons. The van der Waals surface area contributed by atoms with Gasteiger partial charge in [-0.25, -0.2) is 0 Å². The average Bonchev–Trinajstić information content (AvgIpc) is 2.17. The Hall–Kier alpha value is -0.600. The number of thiocarbonyl (C=S) groups is 1. The van der Waals surface area contributed by atoms with Crippen molar-refractivity contribution < 1.29 is 5.11 Å². The fourth-order valence-electron chi connectivity index (χ4n) is 1.18. The van der Waals surface area contributed by atoms with Gasteiger partial charge in [-0.2, -0.15) is 0 Å². The molecule has 0 spiro atoms. The molecule has 0 saturated carbocycles. The maximum atomic E-state index is 9.32. The molecular formula is C10H11ClOS. The summed E-state index contributed by atoms with van der Waals surface area (Å²) in [5.74, 6) is 0. The molecule has 3 heteroatoms.